The molecule has 0 radical (unpaired) electrons. The molecule has 10 heteroatoms. The molecule has 1 saturated heterocycles. The van der Waals surface area contributed by atoms with Crippen LogP contribution in [0.2, 0.25) is 0 Å². The molecule has 160 valence electrons. The molecule has 4 rings (SSSR count). The number of imide groups is 1. The minimum atomic E-state index is -4.82. The molecule has 0 aliphatic carbocycles. The Balaban J connectivity index is 1.79. The Morgan fingerprint density at radius 3 is 2.42 bits per heavy atom. The molecular formula is C21H15F3N2O5. The summed E-state index contributed by atoms with van der Waals surface area (Å²) >= 11 is 0. The summed E-state index contributed by atoms with van der Waals surface area (Å²) in [5.41, 5.74) is -1.29. The fraction of sp³-hybridized carbons (Fsp3) is 0.238. The van der Waals surface area contributed by atoms with Crippen molar-refractivity contribution in [1.82, 2.24) is 10.2 Å². The Hall–Kier alpha value is -3.69. The van der Waals surface area contributed by atoms with Gasteiger partial charge in [0.15, 0.2) is 0 Å². The van der Waals surface area contributed by atoms with Crippen molar-refractivity contribution in [1.29, 1.82) is 0 Å². The van der Waals surface area contributed by atoms with E-state index in [9.17, 15) is 32.3 Å². The van der Waals surface area contributed by atoms with Crippen LogP contribution in [0.3, 0.4) is 0 Å². The molecule has 1 atom stereocenters. The first-order valence-corrected chi connectivity index (χ1v) is 9.29. The zero-order valence-electron chi connectivity index (χ0n) is 15.8. The van der Waals surface area contributed by atoms with Crippen molar-refractivity contribution >= 4 is 23.7 Å². The first kappa shape index (κ1) is 20.6. The third kappa shape index (κ3) is 3.54. The van der Waals surface area contributed by atoms with E-state index in [0.717, 1.165) is 12.1 Å². The lowest BCUT2D eigenvalue weighted by Crippen LogP contribution is -2.52. The van der Waals surface area contributed by atoms with Crippen LogP contribution in [0.25, 0.3) is 11.1 Å². The van der Waals surface area contributed by atoms with Gasteiger partial charge in [-0.2, -0.15) is 13.2 Å². The molecule has 0 bridgehead atoms. The molecule has 0 spiro atoms. The number of nitrogens with one attached hydrogen (secondary N) is 1. The molecule has 2 aromatic carbocycles. The number of rotatable bonds is 3. The van der Waals surface area contributed by atoms with Gasteiger partial charge >= 0.3 is 12.1 Å². The predicted molar refractivity (Wildman–Crippen MR) is 99.9 cm³/mol. The van der Waals surface area contributed by atoms with E-state index in [0.29, 0.717) is 11.6 Å². The molecule has 2 aliphatic rings. The number of aromatic carboxylic acids is 1. The predicted octanol–water partition coefficient (Wildman–Crippen LogP) is 2.83. The smallest absolute Gasteiger partial charge is 0.417 e. The number of carboxylic acids is 1. The van der Waals surface area contributed by atoms with Crippen LogP contribution in [0.1, 0.15) is 44.7 Å². The molecule has 0 saturated carbocycles. The molecule has 31 heavy (non-hydrogen) atoms. The highest BCUT2D eigenvalue weighted by molar-refractivity contribution is 6.06. The lowest BCUT2D eigenvalue weighted by molar-refractivity contribution is -0.138. The number of carboxylic acid groups (broad SMARTS) is 1. The summed E-state index contributed by atoms with van der Waals surface area (Å²) < 4.78 is 41.1. The largest absolute Gasteiger partial charge is 0.478 e. The quantitative estimate of drug-likeness (QED) is 0.726. The second-order valence-electron chi connectivity index (χ2n) is 7.29. The van der Waals surface area contributed by atoms with Crippen LogP contribution in [-0.4, -0.2) is 39.7 Å². The van der Waals surface area contributed by atoms with E-state index in [1.54, 1.807) is 0 Å². The van der Waals surface area contributed by atoms with Gasteiger partial charge in [-0.3, -0.25) is 19.7 Å². The Morgan fingerprint density at radius 2 is 1.77 bits per heavy atom. The number of piperidine rings is 1. The van der Waals surface area contributed by atoms with E-state index >= 15 is 0 Å². The maximum Gasteiger partial charge on any atom is 0.417 e. The van der Waals surface area contributed by atoms with Crippen LogP contribution in [-0.2, 0) is 22.3 Å². The fourth-order valence-electron chi connectivity index (χ4n) is 3.98. The van der Waals surface area contributed by atoms with E-state index < -0.39 is 47.0 Å². The van der Waals surface area contributed by atoms with E-state index in [4.69, 9.17) is 5.11 Å². The summed E-state index contributed by atoms with van der Waals surface area (Å²) in [5, 5.41) is 11.2. The Labute approximate surface area is 173 Å². The first-order valence-electron chi connectivity index (χ1n) is 9.29. The van der Waals surface area contributed by atoms with Crippen LogP contribution in [0.5, 0.6) is 0 Å². The van der Waals surface area contributed by atoms with Gasteiger partial charge in [-0.1, -0.05) is 18.2 Å². The number of halogens is 3. The van der Waals surface area contributed by atoms with Crippen LogP contribution >= 0.6 is 0 Å². The highest BCUT2D eigenvalue weighted by Crippen LogP contribution is 2.41. The topological polar surface area (TPSA) is 104 Å². The second kappa shape index (κ2) is 7.22. The molecule has 1 unspecified atom stereocenters. The fourth-order valence-corrected chi connectivity index (χ4v) is 3.98. The van der Waals surface area contributed by atoms with Crippen molar-refractivity contribution in [2.45, 2.75) is 31.6 Å². The molecule has 0 aromatic heterocycles. The number of carbonyl (C=O) groups is 4. The third-order valence-corrected chi connectivity index (χ3v) is 5.44. The van der Waals surface area contributed by atoms with Crippen LogP contribution in [0, 0.1) is 0 Å². The molecule has 2 aliphatic heterocycles. The average molecular weight is 432 g/mol. The van der Waals surface area contributed by atoms with Crippen LogP contribution in [0.15, 0.2) is 36.4 Å². The molecule has 2 N–H and O–H groups in total. The van der Waals surface area contributed by atoms with Crippen molar-refractivity contribution in [3.05, 3.63) is 58.7 Å². The lowest BCUT2D eigenvalue weighted by atomic mass is 9.92. The van der Waals surface area contributed by atoms with Crippen molar-refractivity contribution in [2.75, 3.05) is 0 Å². The van der Waals surface area contributed by atoms with Gasteiger partial charge in [0.05, 0.1) is 11.1 Å². The number of alkyl halides is 3. The van der Waals surface area contributed by atoms with Crippen LogP contribution < -0.4 is 5.32 Å². The number of fused-ring (bicyclic) bond motifs is 1. The van der Waals surface area contributed by atoms with E-state index in [1.807, 2.05) is 0 Å². The van der Waals surface area contributed by atoms with E-state index in [1.165, 1.54) is 23.1 Å². The van der Waals surface area contributed by atoms with Crippen molar-refractivity contribution in [3.8, 4) is 11.1 Å². The van der Waals surface area contributed by atoms with Gasteiger partial charge in [0, 0.05) is 18.5 Å². The zero-order valence-corrected chi connectivity index (χ0v) is 15.8. The Bertz CT molecular complexity index is 1140. The SMILES string of the molecule is O=C1CCC(N2Cc3c(cccc3-c3ccc(C(=O)O)cc3C(F)(F)F)C2=O)C(=O)N1. The molecular weight excluding hydrogens is 417 g/mol. The first-order chi connectivity index (χ1) is 14.6. The van der Waals surface area contributed by atoms with Gasteiger partial charge < -0.3 is 10.0 Å². The summed E-state index contributed by atoms with van der Waals surface area (Å²) in [5.74, 6) is -3.07. The Kier molecular flexibility index (Phi) is 4.79. The van der Waals surface area contributed by atoms with Crippen molar-refractivity contribution < 1.29 is 37.5 Å². The van der Waals surface area contributed by atoms with E-state index in [-0.39, 0.29) is 36.1 Å². The van der Waals surface area contributed by atoms with Gasteiger partial charge in [-0.15, -0.1) is 0 Å². The maximum atomic E-state index is 13.7. The summed E-state index contributed by atoms with van der Waals surface area (Å²) in [6, 6.07) is 6.12. The number of hydrogen-bond donors (Lipinski definition) is 2. The van der Waals surface area contributed by atoms with Crippen LogP contribution in [0.4, 0.5) is 13.2 Å². The summed E-state index contributed by atoms with van der Waals surface area (Å²) in [4.78, 5) is 48.9. The third-order valence-electron chi connectivity index (χ3n) is 5.44. The average Bonchev–Trinajstić information content (AvgIpc) is 3.03. The number of amides is 3. The van der Waals surface area contributed by atoms with Gasteiger partial charge in [0.25, 0.3) is 5.91 Å². The minimum Gasteiger partial charge on any atom is -0.478 e. The monoisotopic (exact) mass is 432 g/mol. The second-order valence-corrected chi connectivity index (χ2v) is 7.29. The number of carbonyl (C=O) groups excluding carboxylic acids is 3. The number of hydrogen-bond acceptors (Lipinski definition) is 4. The van der Waals surface area contributed by atoms with E-state index in [2.05, 4.69) is 5.32 Å². The molecule has 7 nitrogen and oxygen atoms in total. The summed E-state index contributed by atoms with van der Waals surface area (Å²) in [6.07, 6.45) is -4.64. The Morgan fingerprint density at radius 1 is 1.06 bits per heavy atom. The van der Waals surface area contributed by atoms with Crippen molar-refractivity contribution in [2.24, 2.45) is 0 Å². The van der Waals surface area contributed by atoms with Gasteiger partial charge in [-0.25, -0.2) is 4.79 Å². The highest BCUT2D eigenvalue weighted by Gasteiger charge is 2.41. The van der Waals surface area contributed by atoms with Gasteiger partial charge in [0.1, 0.15) is 6.04 Å². The molecule has 3 amide bonds. The summed E-state index contributed by atoms with van der Waals surface area (Å²) in [6.45, 7) is -0.103. The van der Waals surface area contributed by atoms with Crippen molar-refractivity contribution in [3.63, 3.8) is 0 Å². The van der Waals surface area contributed by atoms with Gasteiger partial charge in [0.2, 0.25) is 11.8 Å². The maximum absolute atomic E-state index is 13.7. The normalized spacial score (nSPS) is 18.7. The summed E-state index contributed by atoms with van der Waals surface area (Å²) in [7, 11) is 0. The molecule has 2 aromatic rings. The number of nitrogens with zero attached hydrogens (tertiary/aromatic N) is 1. The molecule has 2 heterocycles. The number of benzene rings is 2. The van der Waals surface area contributed by atoms with Gasteiger partial charge in [-0.05, 0) is 41.3 Å². The lowest BCUT2D eigenvalue weighted by Gasteiger charge is -2.29. The highest BCUT2D eigenvalue weighted by atomic mass is 19.4. The standard InChI is InChI=1S/C21H15F3N2O5/c22-21(23,24)15-8-10(20(30)31)4-5-12(15)11-2-1-3-13-14(11)9-26(19(13)29)16-6-7-17(27)25-18(16)28/h1-5,8,16H,6-7,9H2,(H,30,31)(H,25,27,28). The zero-order chi connectivity index (χ0) is 22.5. The minimum absolute atomic E-state index is 0.0538. The molecule has 1 fully saturated rings.